The van der Waals surface area contributed by atoms with Crippen LogP contribution in [0.4, 0.5) is 4.79 Å². The Hall–Kier alpha value is -1.79. The molecule has 1 atom stereocenters. The molecule has 0 aliphatic heterocycles. The zero-order valence-corrected chi connectivity index (χ0v) is 16.0. The number of esters is 1. The zero-order valence-electron chi connectivity index (χ0n) is 15.3. The van der Waals surface area contributed by atoms with Crippen molar-refractivity contribution in [2.75, 3.05) is 6.61 Å². The van der Waals surface area contributed by atoms with Crippen LogP contribution in [0.2, 0.25) is 5.02 Å². The molecule has 0 heterocycles. The van der Waals surface area contributed by atoms with E-state index in [2.05, 4.69) is 5.32 Å². The Morgan fingerprint density at radius 3 is 2.16 bits per heavy atom. The molecular formula is C18H26ClNO5. The van der Waals surface area contributed by atoms with Crippen molar-refractivity contribution in [3.05, 3.63) is 34.9 Å². The molecule has 0 aliphatic carbocycles. The molecular weight excluding hydrogens is 346 g/mol. The van der Waals surface area contributed by atoms with E-state index in [1.807, 2.05) is 12.1 Å². The quantitative estimate of drug-likeness (QED) is 0.750. The monoisotopic (exact) mass is 371 g/mol. The van der Waals surface area contributed by atoms with Crippen LogP contribution in [-0.2, 0) is 20.7 Å². The number of hydrogen-bond acceptors (Lipinski definition) is 5. The van der Waals surface area contributed by atoms with Gasteiger partial charge in [0, 0.05) is 11.4 Å². The van der Waals surface area contributed by atoms with Gasteiger partial charge in [-0.3, -0.25) is 0 Å². The van der Waals surface area contributed by atoms with E-state index in [0.717, 1.165) is 5.56 Å². The highest BCUT2D eigenvalue weighted by molar-refractivity contribution is 6.30. The Bertz CT molecular complexity index is 592. The second-order valence-corrected chi connectivity index (χ2v) is 7.80. The summed E-state index contributed by atoms with van der Waals surface area (Å²) in [6.07, 6.45) is -0.334. The van der Waals surface area contributed by atoms with Gasteiger partial charge in [-0.2, -0.15) is 0 Å². The number of nitrogens with one attached hydrogen (secondary N) is 1. The summed E-state index contributed by atoms with van der Waals surface area (Å²) < 4.78 is 10.5. The Balaban J connectivity index is 2.66. The average molecular weight is 372 g/mol. The second kappa shape index (κ2) is 8.54. The van der Waals surface area contributed by atoms with Gasteiger partial charge in [-0.1, -0.05) is 23.7 Å². The van der Waals surface area contributed by atoms with Crippen molar-refractivity contribution in [3.8, 4) is 0 Å². The van der Waals surface area contributed by atoms with Gasteiger partial charge in [-0.25, -0.2) is 9.59 Å². The molecule has 0 aliphatic rings. The van der Waals surface area contributed by atoms with Crippen molar-refractivity contribution >= 4 is 23.7 Å². The average Bonchev–Trinajstić information content (AvgIpc) is 2.44. The third-order valence-electron chi connectivity index (χ3n) is 3.08. The first-order valence-corrected chi connectivity index (χ1v) is 8.37. The Morgan fingerprint density at radius 1 is 1.12 bits per heavy atom. The van der Waals surface area contributed by atoms with Crippen LogP contribution in [0.25, 0.3) is 0 Å². The van der Waals surface area contributed by atoms with E-state index in [1.165, 1.54) is 0 Å². The van der Waals surface area contributed by atoms with Gasteiger partial charge in [-0.15, -0.1) is 0 Å². The maximum absolute atomic E-state index is 12.3. The predicted octanol–water partition coefficient (Wildman–Crippen LogP) is 3.09. The fraction of sp³-hybridized carbons (Fsp3) is 0.556. The number of carbonyl (C=O) groups is 2. The van der Waals surface area contributed by atoms with Crippen molar-refractivity contribution in [2.45, 2.75) is 58.3 Å². The molecule has 1 aromatic carbocycles. The standard InChI is InChI=1S/C18H26ClNO5/c1-17(2,3)25-16(23)20-14(11-21)15(22)24-18(4,5)10-12-6-8-13(19)9-7-12/h6-9,14,21H,10-11H2,1-5H3,(H,20,23). The van der Waals surface area contributed by atoms with Crippen molar-refractivity contribution in [3.63, 3.8) is 0 Å². The maximum atomic E-state index is 12.3. The first-order valence-electron chi connectivity index (χ1n) is 7.99. The SMILES string of the molecule is CC(C)(C)OC(=O)NC(CO)C(=O)OC(C)(C)Cc1ccc(Cl)cc1. The predicted molar refractivity (Wildman–Crippen MR) is 95.6 cm³/mol. The molecule has 140 valence electrons. The van der Waals surface area contributed by atoms with E-state index in [1.54, 1.807) is 46.8 Å². The van der Waals surface area contributed by atoms with Gasteiger partial charge in [0.1, 0.15) is 11.2 Å². The van der Waals surface area contributed by atoms with Gasteiger partial charge in [0.05, 0.1) is 6.61 Å². The summed E-state index contributed by atoms with van der Waals surface area (Å²) in [5.41, 5.74) is -0.585. The largest absolute Gasteiger partial charge is 0.458 e. The van der Waals surface area contributed by atoms with Crippen LogP contribution in [0, 0.1) is 0 Å². The lowest BCUT2D eigenvalue weighted by molar-refractivity contribution is -0.160. The van der Waals surface area contributed by atoms with E-state index in [-0.39, 0.29) is 0 Å². The molecule has 1 aromatic rings. The highest BCUT2D eigenvalue weighted by Crippen LogP contribution is 2.19. The molecule has 0 fully saturated rings. The van der Waals surface area contributed by atoms with Crippen molar-refractivity contribution in [1.82, 2.24) is 5.32 Å². The molecule has 2 N–H and O–H groups in total. The molecule has 0 spiro atoms. The van der Waals surface area contributed by atoms with Gasteiger partial charge in [0.15, 0.2) is 6.04 Å². The third kappa shape index (κ3) is 8.23. The molecule has 0 aromatic heterocycles. The number of alkyl carbamates (subject to hydrolysis) is 1. The van der Waals surface area contributed by atoms with Gasteiger partial charge in [0.25, 0.3) is 0 Å². The van der Waals surface area contributed by atoms with Gasteiger partial charge < -0.3 is 19.9 Å². The number of rotatable bonds is 6. The fourth-order valence-electron chi connectivity index (χ4n) is 2.10. The number of amides is 1. The smallest absolute Gasteiger partial charge is 0.408 e. The summed E-state index contributed by atoms with van der Waals surface area (Å²) in [5, 5.41) is 12.3. The van der Waals surface area contributed by atoms with E-state index in [0.29, 0.717) is 11.4 Å². The second-order valence-electron chi connectivity index (χ2n) is 7.37. The molecule has 25 heavy (non-hydrogen) atoms. The Morgan fingerprint density at radius 2 is 1.68 bits per heavy atom. The van der Waals surface area contributed by atoms with E-state index in [4.69, 9.17) is 21.1 Å². The van der Waals surface area contributed by atoms with Crippen LogP contribution in [0.15, 0.2) is 24.3 Å². The van der Waals surface area contributed by atoms with Crippen LogP contribution in [0.5, 0.6) is 0 Å². The number of benzene rings is 1. The molecule has 1 amide bonds. The molecule has 6 nitrogen and oxygen atoms in total. The molecule has 1 rings (SSSR count). The number of carbonyl (C=O) groups excluding carboxylic acids is 2. The summed E-state index contributed by atoms with van der Waals surface area (Å²) in [5.74, 6) is -0.729. The summed E-state index contributed by atoms with van der Waals surface area (Å²) in [4.78, 5) is 24.0. The minimum atomic E-state index is -1.20. The zero-order chi connectivity index (χ0) is 19.3. The number of halogens is 1. The lowest BCUT2D eigenvalue weighted by Gasteiger charge is -2.28. The fourth-order valence-corrected chi connectivity index (χ4v) is 2.23. The lowest BCUT2D eigenvalue weighted by atomic mass is 9.98. The van der Waals surface area contributed by atoms with Gasteiger partial charge >= 0.3 is 12.1 Å². The number of aliphatic hydroxyl groups is 1. The molecule has 0 radical (unpaired) electrons. The molecule has 0 saturated heterocycles. The number of aliphatic hydroxyl groups excluding tert-OH is 1. The maximum Gasteiger partial charge on any atom is 0.408 e. The highest BCUT2D eigenvalue weighted by Gasteiger charge is 2.30. The van der Waals surface area contributed by atoms with Crippen LogP contribution >= 0.6 is 11.6 Å². The van der Waals surface area contributed by atoms with E-state index >= 15 is 0 Å². The van der Waals surface area contributed by atoms with Crippen LogP contribution in [-0.4, -0.2) is 41.0 Å². The normalized spacial score (nSPS) is 13.1. The third-order valence-corrected chi connectivity index (χ3v) is 3.33. The van der Waals surface area contributed by atoms with Crippen LogP contribution in [0.1, 0.15) is 40.2 Å². The lowest BCUT2D eigenvalue weighted by Crippen LogP contribution is -2.48. The molecule has 0 saturated carbocycles. The van der Waals surface area contributed by atoms with E-state index < -0.39 is 35.9 Å². The highest BCUT2D eigenvalue weighted by atomic mass is 35.5. The van der Waals surface area contributed by atoms with Crippen molar-refractivity contribution in [1.29, 1.82) is 0 Å². The first-order chi connectivity index (χ1) is 11.4. The molecule has 7 heteroatoms. The summed E-state index contributed by atoms with van der Waals surface area (Å²) >= 11 is 5.86. The Labute approximate surface area is 153 Å². The van der Waals surface area contributed by atoms with Crippen molar-refractivity contribution in [2.24, 2.45) is 0 Å². The summed E-state index contributed by atoms with van der Waals surface area (Å²) in [6, 6.07) is 6.02. The molecule has 1 unspecified atom stereocenters. The molecule has 0 bridgehead atoms. The summed E-state index contributed by atoms with van der Waals surface area (Å²) in [7, 11) is 0. The van der Waals surface area contributed by atoms with E-state index in [9.17, 15) is 14.7 Å². The van der Waals surface area contributed by atoms with Crippen LogP contribution < -0.4 is 5.32 Å². The minimum absolute atomic E-state index is 0.459. The minimum Gasteiger partial charge on any atom is -0.458 e. The number of ether oxygens (including phenoxy) is 2. The first kappa shape index (κ1) is 21.3. The van der Waals surface area contributed by atoms with Gasteiger partial charge in [-0.05, 0) is 52.3 Å². The summed E-state index contributed by atoms with van der Waals surface area (Å²) in [6.45, 7) is 8.02. The Kier molecular flexibility index (Phi) is 7.26. The van der Waals surface area contributed by atoms with Crippen LogP contribution in [0.3, 0.4) is 0 Å². The van der Waals surface area contributed by atoms with Crippen molar-refractivity contribution < 1.29 is 24.2 Å². The topological polar surface area (TPSA) is 84.9 Å². The number of hydrogen-bond donors (Lipinski definition) is 2. The van der Waals surface area contributed by atoms with Gasteiger partial charge in [0.2, 0.25) is 0 Å².